The molecule has 0 atom stereocenters. The molecule has 0 saturated heterocycles. The Labute approximate surface area is 113 Å². The predicted molar refractivity (Wildman–Crippen MR) is 69.1 cm³/mol. The molecule has 0 spiro atoms. The van der Waals surface area contributed by atoms with Gasteiger partial charge in [0.25, 0.3) is 0 Å². The van der Waals surface area contributed by atoms with Gasteiger partial charge in [0.05, 0.1) is 11.1 Å². The fourth-order valence-corrected chi connectivity index (χ4v) is 1.61. The Morgan fingerprint density at radius 3 is 2.75 bits per heavy atom. The van der Waals surface area contributed by atoms with Crippen LogP contribution < -0.4 is 4.74 Å². The zero-order valence-corrected chi connectivity index (χ0v) is 10.4. The number of aromatic nitrogens is 1. The second kappa shape index (κ2) is 5.35. The minimum atomic E-state index is -1.20. The van der Waals surface area contributed by atoms with Gasteiger partial charge in [0.15, 0.2) is 5.75 Å². The highest BCUT2D eigenvalue weighted by atomic mass is 16.6. The number of rotatable bonds is 4. The number of aryl methyl sites for hydroxylation is 1. The molecule has 1 N–H and O–H groups in total. The first kappa shape index (κ1) is 13.5. The fourth-order valence-electron chi connectivity index (χ4n) is 1.61. The van der Waals surface area contributed by atoms with Gasteiger partial charge >= 0.3 is 11.7 Å². The van der Waals surface area contributed by atoms with E-state index in [9.17, 15) is 14.9 Å². The summed E-state index contributed by atoms with van der Waals surface area (Å²) in [6, 6.07) is 5.61. The molecule has 1 heterocycles. The zero-order chi connectivity index (χ0) is 14.7. The van der Waals surface area contributed by atoms with Gasteiger partial charge in [0.2, 0.25) is 5.75 Å². The molecule has 2 rings (SSSR count). The van der Waals surface area contributed by atoms with Gasteiger partial charge in [-0.2, -0.15) is 0 Å². The van der Waals surface area contributed by atoms with Crippen molar-refractivity contribution in [3.05, 3.63) is 57.9 Å². The summed E-state index contributed by atoms with van der Waals surface area (Å²) in [6.45, 7) is 1.75. The van der Waals surface area contributed by atoms with Crippen LogP contribution in [0.25, 0.3) is 0 Å². The molecule has 1 aromatic carbocycles. The van der Waals surface area contributed by atoms with Crippen molar-refractivity contribution in [3.63, 3.8) is 0 Å². The number of benzene rings is 1. The van der Waals surface area contributed by atoms with Gasteiger partial charge in [-0.25, -0.2) is 4.79 Å². The van der Waals surface area contributed by atoms with Crippen LogP contribution in [0.15, 0.2) is 36.7 Å². The van der Waals surface area contributed by atoms with E-state index in [0.717, 1.165) is 5.56 Å². The van der Waals surface area contributed by atoms with Crippen LogP contribution in [0.2, 0.25) is 0 Å². The van der Waals surface area contributed by atoms with Crippen molar-refractivity contribution in [2.24, 2.45) is 0 Å². The van der Waals surface area contributed by atoms with Crippen molar-refractivity contribution in [1.29, 1.82) is 0 Å². The van der Waals surface area contributed by atoms with E-state index >= 15 is 0 Å². The topological polar surface area (TPSA) is 103 Å². The van der Waals surface area contributed by atoms with Crippen LogP contribution >= 0.6 is 0 Å². The van der Waals surface area contributed by atoms with Crippen molar-refractivity contribution in [2.45, 2.75) is 6.92 Å². The number of ether oxygens (including phenoxy) is 1. The second-order valence-corrected chi connectivity index (χ2v) is 4.01. The number of pyridine rings is 1. The van der Waals surface area contributed by atoms with Gasteiger partial charge in [-0.05, 0) is 24.6 Å². The standard InChI is InChI=1S/C13H10N2O5/c1-8-2-3-10(15(18)19)11(6-8)20-12-7-14-5-4-9(12)13(16)17/h2-7H,1H3,(H,16,17). The lowest BCUT2D eigenvalue weighted by Crippen LogP contribution is -2.01. The summed E-state index contributed by atoms with van der Waals surface area (Å²) in [5, 5.41) is 20.0. The van der Waals surface area contributed by atoms with Crippen LogP contribution in [0.3, 0.4) is 0 Å². The Hall–Kier alpha value is -2.96. The van der Waals surface area contributed by atoms with E-state index in [0.29, 0.717) is 0 Å². The molecule has 0 radical (unpaired) electrons. The molecule has 102 valence electrons. The fraction of sp³-hybridized carbons (Fsp3) is 0.0769. The van der Waals surface area contributed by atoms with Crippen LogP contribution in [0.1, 0.15) is 15.9 Å². The number of carboxylic acids is 1. The van der Waals surface area contributed by atoms with E-state index in [-0.39, 0.29) is 22.7 Å². The summed E-state index contributed by atoms with van der Waals surface area (Å²) in [6.07, 6.45) is 2.51. The molecule has 7 heteroatoms. The average Bonchev–Trinajstić information content (AvgIpc) is 2.38. The summed E-state index contributed by atoms with van der Waals surface area (Å²) in [5.41, 5.74) is 0.401. The Bertz CT molecular complexity index is 684. The van der Waals surface area contributed by atoms with Gasteiger partial charge in [-0.15, -0.1) is 0 Å². The molecule has 7 nitrogen and oxygen atoms in total. The Kier molecular flexibility index (Phi) is 3.60. The summed E-state index contributed by atoms with van der Waals surface area (Å²) in [4.78, 5) is 25.2. The van der Waals surface area contributed by atoms with Crippen LogP contribution in [-0.4, -0.2) is 21.0 Å². The molecule has 0 saturated carbocycles. The normalized spacial score (nSPS) is 10.1. The van der Waals surface area contributed by atoms with E-state index in [2.05, 4.69) is 4.98 Å². The maximum Gasteiger partial charge on any atom is 0.339 e. The lowest BCUT2D eigenvalue weighted by molar-refractivity contribution is -0.385. The first-order chi connectivity index (χ1) is 9.49. The molecular formula is C13H10N2O5. The lowest BCUT2D eigenvalue weighted by Gasteiger charge is -2.08. The minimum Gasteiger partial charge on any atom is -0.478 e. The smallest absolute Gasteiger partial charge is 0.339 e. The second-order valence-electron chi connectivity index (χ2n) is 4.01. The number of carbonyl (C=O) groups is 1. The van der Waals surface area contributed by atoms with E-state index in [4.69, 9.17) is 9.84 Å². The van der Waals surface area contributed by atoms with E-state index in [1.165, 1.54) is 30.6 Å². The molecule has 0 aliphatic carbocycles. The third-order valence-electron chi connectivity index (χ3n) is 2.55. The summed E-state index contributed by atoms with van der Waals surface area (Å²) in [7, 11) is 0. The van der Waals surface area contributed by atoms with Gasteiger partial charge in [0.1, 0.15) is 5.56 Å². The summed E-state index contributed by atoms with van der Waals surface area (Å²) in [5.74, 6) is -1.27. The molecule has 2 aromatic rings. The predicted octanol–water partition coefficient (Wildman–Crippen LogP) is 2.79. The largest absolute Gasteiger partial charge is 0.478 e. The Balaban J connectivity index is 2.47. The van der Waals surface area contributed by atoms with Gasteiger partial charge in [-0.1, -0.05) is 6.07 Å². The molecule has 0 bridgehead atoms. The third-order valence-corrected chi connectivity index (χ3v) is 2.55. The van der Waals surface area contributed by atoms with Crippen molar-refractivity contribution in [2.75, 3.05) is 0 Å². The maximum atomic E-state index is 11.1. The lowest BCUT2D eigenvalue weighted by atomic mass is 10.2. The molecule has 0 aliphatic rings. The van der Waals surface area contributed by atoms with Crippen molar-refractivity contribution >= 4 is 11.7 Å². The Morgan fingerprint density at radius 2 is 2.10 bits per heavy atom. The highest BCUT2D eigenvalue weighted by Gasteiger charge is 2.19. The molecule has 0 fully saturated rings. The number of nitro benzene ring substituents is 1. The molecule has 1 aromatic heterocycles. The number of aromatic carboxylic acids is 1. The minimum absolute atomic E-state index is 0.0227. The third kappa shape index (κ3) is 2.72. The van der Waals surface area contributed by atoms with Gasteiger partial charge < -0.3 is 9.84 Å². The number of hydrogen-bond donors (Lipinski definition) is 1. The number of carboxylic acid groups (broad SMARTS) is 1. The molecule has 0 unspecified atom stereocenters. The van der Waals surface area contributed by atoms with E-state index < -0.39 is 10.9 Å². The maximum absolute atomic E-state index is 11.1. The highest BCUT2D eigenvalue weighted by Crippen LogP contribution is 2.33. The first-order valence-electron chi connectivity index (χ1n) is 5.59. The van der Waals surface area contributed by atoms with Gasteiger partial charge in [0, 0.05) is 12.3 Å². The van der Waals surface area contributed by atoms with E-state index in [1.54, 1.807) is 13.0 Å². The first-order valence-corrected chi connectivity index (χ1v) is 5.59. The summed E-state index contributed by atoms with van der Waals surface area (Å²) < 4.78 is 5.36. The highest BCUT2D eigenvalue weighted by molar-refractivity contribution is 5.90. The monoisotopic (exact) mass is 274 g/mol. The molecule has 0 aliphatic heterocycles. The van der Waals surface area contributed by atoms with E-state index in [1.807, 2.05) is 0 Å². The molecular weight excluding hydrogens is 264 g/mol. The van der Waals surface area contributed by atoms with Crippen molar-refractivity contribution < 1.29 is 19.6 Å². The van der Waals surface area contributed by atoms with Crippen LogP contribution in [0.4, 0.5) is 5.69 Å². The van der Waals surface area contributed by atoms with Gasteiger partial charge in [-0.3, -0.25) is 15.1 Å². The van der Waals surface area contributed by atoms with Crippen LogP contribution in [0, 0.1) is 17.0 Å². The van der Waals surface area contributed by atoms with Crippen molar-refractivity contribution in [1.82, 2.24) is 4.98 Å². The quantitative estimate of drug-likeness (QED) is 0.679. The van der Waals surface area contributed by atoms with Crippen molar-refractivity contribution in [3.8, 4) is 11.5 Å². The van der Waals surface area contributed by atoms with Crippen LogP contribution in [0.5, 0.6) is 11.5 Å². The average molecular weight is 274 g/mol. The molecule has 20 heavy (non-hydrogen) atoms. The number of nitro groups is 1. The zero-order valence-electron chi connectivity index (χ0n) is 10.4. The number of nitrogens with zero attached hydrogens (tertiary/aromatic N) is 2. The Morgan fingerprint density at radius 1 is 1.35 bits per heavy atom. The number of hydrogen-bond acceptors (Lipinski definition) is 5. The SMILES string of the molecule is Cc1ccc([N+](=O)[O-])c(Oc2cnccc2C(=O)O)c1. The summed E-state index contributed by atoms with van der Waals surface area (Å²) >= 11 is 0. The van der Waals surface area contributed by atoms with Crippen LogP contribution in [-0.2, 0) is 0 Å². The molecule has 0 amide bonds.